The number of quaternary nitrogens is 1. The van der Waals surface area contributed by atoms with Gasteiger partial charge in [-0.2, -0.15) is 5.10 Å². The van der Waals surface area contributed by atoms with Gasteiger partial charge in [-0.25, -0.2) is 5.43 Å². The Balaban J connectivity index is 0.00000648. The fourth-order valence-corrected chi connectivity index (χ4v) is 3.64. The first-order valence-corrected chi connectivity index (χ1v) is 12.2. The molecule has 7 nitrogen and oxygen atoms in total. The maximum Gasteiger partial charge on any atom is 0.295 e. The SMILES string of the molecule is Br.CCCC(=O)C/C(CCC(=O)N(Cc1ccccc1)Cc1ccccc1)=N\NC(=O)C[N+](C)(C)C. The van der Waals surface area contributed by atoms with E-state index in [1.807, 2.05) is 93.6 Å². The van der Waals surface area contributed by atoms with E-state index in [-0.39, 0.29) is 54.0 Å². The second-order valence-corrected chi connectivity index (χ2v) is 9.85. The van der Waals surface area contributed by atoms with Crippen molar-refractivity contribution in [3.05, 3.63) is 71.8 Å². The normalized spacial score (nSPS) is 11.4. The monoisotopic (exact) mass is 559 g/mol. The summed E-state index contributed by atoms with van der Waals surface area (Å²) in [6.07, 6.45) is 1.88. The van der Waals surface area contributed by atoms with Crippen molar-refractivity contribution in [2.24, 2.45) is 5.10 Å². The number of nitrogens with zero attached hydrogens (tertiary/aromatic N) is 3. The number of rotatable bonds is 14. The second-order valence-electron chi connectivity index (χ2n) is 9.85. The lowest BCUT2D eigenvalue weighted by Gasteiger charge is -2.23. The van der Waals surface area contributed by atoms with Crippen LogP contribution in [-0.4, -0.2) is 60.4 Å². The summed E-state index contributed by atoms with van der Waals surface area (Å²) in [5.41, 5.74) is 5.21. The van der Waals surface area contributed by atoms with Crippen molar-refractivity contribution in [2.75, 3.05) is 27.7 Å². The zero-order valence-electron chi connectivity index (χ0n) is 21.9. The lowest BCUT2D eigenvalue weighted by molar-refractivity contribution is -0.862. The molecule has 0 heterocycles. The van der Waals surface area contributed by atoms with Crippen molar-refractivity contribution in [3.8, 4) is 0 Å². The Kier molecular flexibility index (Phi) is 13.9. The minimum absolute atomic E-state index is 0. The number of Topliss-reactive ketones (excluding diaryl/α,β-unsaturated/α-hetero) is 1. The van der Waals surface area contributed by atoms with Crippen molar-refractivity contribution in [2.45, 2.75) is 52.1 Å². The van der Waals surface area contributed by atoms with Gasteiger partial charge in [0.05, 0.1) is 21.1 Å². The molecule has 0 aliphatic rings. The van der Waals surface area contributed by atoms with Gasteiger partial charge in [0.2, 0.25) is 5.91 Å². The maximum absolute atomic E-state index is 13.3. The van der Waals surface area contributed by atoms with Gasteiger partial charge in [0.25, 0.3) is 5.91 Å². The van der Waals surface area contributed by atoms with E-state index in [9.17, 15) is 14.4 Å². The van der Waals surface area contributed by atoms with Crippen LogP contribution in [0.3, 0.4) is 0 Å². The Morgan fingerprint density at radius 3 is 1.83 bits per heavy atom. The fraction of sp³-hybridized carbons (Fsp3) is 0.429. The minimum atomic E-state index is -0.223. The number of hydrogen-bond donors (Lipinski definition) is 1. The number of nitrogens with one attached hydrogen (secondary N) is 1. The van der Waals surface area contributed by atoms with Gasteiger partial charge in [0.1, 0.15) is 5.78 Å². The van der Waals surface area contributed by atoms with E-state index < -0.39 is 0 Å². The lowest BCUT2D eigenvalue weighted by Crippen LogP contribution is -2.43. The molecule has 2 aromatic rings. The Morgan fingerprint density at radius 2 is 1.36 bits per heavy atom. The number of benzene rings is 2. The summed E-state index contributed by atoms with van der Waals surface area (Å²) >= 11 is 0. The standard InChI is InChI=1S/C28H38N4O3.BrH/c1-5-12-26(33)19-25(29-30-27(34)22-32(2,3)4)17-18-28(35)31(20-23-13-8-6-9-14-23)21-24-15-10-7-11-16-24;/h6-11,13-16H,5,12,17-22H2,1-4H3;1H/p+1/b29-25-;. The molecule has 196 valence electrons. The summed E-state index contributed by atoms with van der Waals surface area (Å²) in [7, 11) is 5.76. The van der Waals surface area contributed by atoms with Crippen LogP contribution in [0.2, 0.25) is 0 Å². The molecular formula is C28H40BrN4O3+. The average molecular weight is 561 g/mol. The van der Waals surface area contributed by atoms with Gasteiger partial charge in [-0.05, 0) is 24.0 Å². The molecule has 2 rings (SSSR count). The molecule has 0 saturated carbocycles. The Morgan fingerprint density at radius 1 is 0.833 bits per heavy atom. The van der Waals surface area contributed by atoms with Crippen LogP contribution in [0.25, 0.3) is 0 Å². The van der Waals surface area contributed by atoms with E-state index in [0.29, 0.717) is 36.1 Å². The molecule has 0 bridgehead atoms. The summed E-state index contributed by atoms with van der Waals surface area (Å²) in [6, 6.07) is 19.8. The number of hydrogen-bond acceptors (Lipinski definition) is 4. The van der Waals surface area contributed by atoms with Crippen LogP contribution in [0.4, 0.5) is 0 Å². The van der Waals surface area contributed by atoms with Crippen molar-refractivity contribution in [1.29, 1.82) is 0 Å². The molecule has 36 heavy (non-hydrogen) atoms. The van der Waals surface area contributed by atoms with Gasteiger partial charge in [-0.15, -0.1) is 17.0 Å². The zero-order valence-corrected chi connectivity index (χ0v) is 23.6. The lowest BCUT2D eigenvalue weighted by atomic mass is 10.0. The predicted molar refractivity (Wildman–Crippen MR) is 150 cm³/mol. The summed E-state index contributed by atoms with van der Waals surface area (Å²) in [6.45, 7) is 3.21. The molecule has 0 saturated heterocycles. The van der Waals surface area contributed by atoms with Crippen LogP contribution in [0.5, 0.6) is 0 Å². The highest BCUT2D eigenvalue weighted by atomic mass is 79.9. The smallest absolute Gasteiger partial charge is 0.295 e. The second kappa shape index (κ2) is 16.0. The van der Waals surface area contributed by atoms with Gasteiger partial charge in [-0.3, -0.25) is 14.4 Å². The van der Waals surface area contributed by atoms with E-state index in [4.69, 9.17) is 0 Å². The number of carbonyl (C=O) groups excluding carboxylic acids is 3. The number of hydrazone groups is 1. The largest absolute Gasteiger partial charge is 0.334 e. The predicted octanol–water partition coefficient (Wildman–Crippen LogP) is 4.51. The number of ketones is 1. The molecule has 0 radical (unpaired) electrons. The molecule has 0 atom stereocenters. The molecule has 0 spiro atoms. The van der Waals surface area contributed by atoms with Crippen molar-refractivity contribution < 1.29 is 18.9 Å². The van der Waals surface area contributed by atoms with Gasteiger partial charge in [0.15, 0.2) is 6.54 Å². The van der Waals surface area contributed by atoms with Crippen LogP contribution in [0, 0.1) is 0 Å². The van der Waals surface area contributed by atoms with E-state index in [2.05, 4.69) is 10.5 Å². The molecule has 0 fully saturated rings. The van der Waals surface area contributed by atoms with Crippen LogP contribution < -0.4 is 5.43 Å². The average Bonchev–Trinajstić information content (AvgIpc) is 2.80. The highest BCUT2D eigenvalue weighted by Crippen LogP contribution is 2.13. The summed E-state index contributed by atoms with van der Waals surface area (Å²) < 4.78 is 0.470. The van der Waals surface area contributed by atoms with Gasteiger partial charge < -0.3 is 9.38 Å². The first-order chi connectivity index (χ1) is 16.7. The summed E-state index contributed by atoms with van der Waals surface area (Å²) in [4.78, 5) is 39.6. The molecule has 2 aromatic carbocycles. The third-order valence-electron chi connectivity index (χ3n) is 5.30. The number of halogens is 1. The first kappa shape index (κ1) is 31.2. The molecule has 8 heteroatoms. The van der Waals surface area contributed by atoms with Gasteiger partial charge in [-0.1, -0.05) is 67.6 Å². The highest BCUT2D eigenvalue weighted by Gasteiger charge is 2.18. The minimum Gasteiger partial charge on any atom is -0.334 e. The topological polar surface area (TPSA) is 78.8 Å². The van der Waals surface area contributed by atoms with Crippen molar-refractivity contribution in [1.82, 2.24) is 10.3 Å². The molecular weight excluding hydrogens is 520 g/mol. The van der Waals surface area contributed by atoms with Gasteiger partial charge >= 0.3 is 0 Å². The van der Waals surface area contributed by atoms with E-state index in [1.54, 1.807) is 0 Å². The summed E-state index contributed by atoms with van der Waals surface area (Å²) in [5.74, 6) is -0.185. The first-order valence-electron chi connectivity index (χ1n) is 12.2. The molecule has 2 amide bonds. The van der Waals surface area contributed by atoms with Crippen molar-refractivity contribution >= 4 is 40.3 Å². The quantitative estimate of drug-likeness (QED) is 0.210. The van der Waals surface area contributed by atoms with Crippen LogP contribution in [0.15, 0.2) is 65.8 Å². The molecule has 0 aliphatic heterocycles. The van der Waals surface area contributed by atoms with E-state index in [0.717, 1.165) is 17.5 Å². The van der Waals surface area contributed by atoms with Crippen LogP contribution >= 0.6 is 17.0 Å². The Labute approximate surface area is 225 Å². The molecule has 0 aliphatic carbocycles. The highest BCUT2D eigenvalue weighted by molar-refractivity contribution is 8.93. The van der Waals surface area contributed by atoms with Gasteiger partial charge in [0, 0.05) is 38.1 Å². The number of amides is 2. The summed E-state index contributed by atoms with van der Waals surface area (Å²) in [5, 5.41) is 4.24. The zero-order chi connectivity index (χ0) is 25.7. The van der Waals surface area contributed by atoms with E-state index >= 15 is 0 Å². The molecule has 0 unspecified atom stereocenters. The Bertz CT molecular complexity index is 947. The third kappa shape index (κ3) is 12.7. The van der Waals surface area contributed by atoms with E-state index in [1.165, 1.54) is 0 Å². The van der Waals surface area contributed by atoms with Crippen LogP contribution in [0.1, 0.15) is 50.2 Å². The van der Waals surface area contributed by atoms with Crippen molar-refractivity contribution in [3.63, 3.8) is 0 Å². The maximum atomic E-state index is 13.3. The number of likely N-dealkylation sites (N-methyl/N-ethyl adjacent to an activating group) is 1. The molecule has 1 N–H and O–H groups in total. The molecule has 0 aromatic heterocycles. The van der Waals surface area contributed by atoms with Crippen LogP contribution in [-0.2, 0) is 27.5 Å². The Hall–Kier alpha value is -2.84. The fourth-order valence-electron chi connectivity index (χ4n) is 3.64. The third-order valence-corrected chi connectivity index (χ3v) is 5.30. The number of carbonyl (C=O) groups is 3.